The molecule has 1 atom stereocenters. The molecule has 142 valence electrons. The summed E-state index contributed by atoms with van der Waals surface area (Å²) in [5, 5.41) is 6.42. The van der Waals surface area contributed by atoms with Crippen LogP contribution >= 0.6 is 23.1 Å². The van der Waals surface area contributed by atoms with Crippen LogP contribution in [-0.2, 0) is 16.0 Å². The lowest BCUT2D eigenvalue weighted by Gasteiger charge is -2.24. The smallest absolute Gasteiger partial charge is 0.350 e. The molecule has 2 aliphatic heterocycles. The maximum Gasteiger partial charge on any atom is 0.501 e. The van der Waals surface area contributed by atoms with Gasteiger partial charge in [0, 0.05) is 17.3 Å². The standard InChI is InChI=1S/C19H21N3O3S2/c23-16(20-13-4-1-2-5-13)12-22-15-8-11-27-17(15)18(24)21(19(22)25)9-7-14-6-3-10-26-14/h3,6,8,10-11,13,17H,1-2,4-5,7,9,12H2/p+1. The predicted octanol–water partition coefficient (Wildman–Crippen LogP) is 2.39. The van der Waals surface area contributed by atoms with E-state index in [0.29, 0.717) is 18.7 Å². The van der Waals surface area contributed by atoms with Gasteiger partial charge >= 0.3 is 11.9 Å². The van der Waals surface area contributed by atoms with Crippen LogP contribution in [-0.4, -0.2) is 57.4 Å². The first-order valence-electron chi connectivity index (χ1n) is 9.27. The van der Waals surface area contributed by atoms with Gasteiger partial charge in [0.15, 0.2) is 11.8 Å². The molecule has 27 heavy (non-hydrogen) atoms. The molecule has 4 rings (SSSR count). The quantitative estimate of drug-likeness (QED) is 0.739. The van der Waals surface area contributed by atoms with E-state index in [2.05, 4.69) is 5.32 Å². The molecule has 1 aromatic heterocycles. The summed E-state index contributed by atoms with van der Waals surface area (Å²) >= 11 is 3.01. The van der Waals surface area contributed by atoms with E-state index < -0.39 is 11.3 Å². The molecular weight excluding hydrogens is 382 g/mol. The summed E-state index contributed by atoms with van der Waals surface area (Å²) in [6, 6.07) is 3.78. The number of nitrogens with zero attached hydrogens (tertiary/aromatic N) is 2. The van der Waals surface area contributed by atoms with Gasteiger partial charge < -0.3 is 5.32 Å². The molecule has 3 heterocycles. The number of imide groups is 1. The van der Waals surface area contributed by atoms with Crippen LogP contribution in [0.3, 0.4) is 0 Å². The van der Waals surface area contributed by atoms with Gasteiger partial charge in [-0.25, -0.2) is 4.79 Å². The Hall–Kier alpha value is -1.93. The molecule has 1 aliphatic carbocycles. The summed E-state index contributed by atoms with van der Waals surface area (Å²) in [5.74, 6) is -0.339. The average Bonchev–Trinajstić information content (AvgIpc) is 3.40. The summed E-state index contributed by atoms with van der Waals surface area (Å²) in [7, 11) is 0. The van der Waals surface area contributed by atoms with Crippen molar-refractivity contribution in [2.75, 3.05) is 13.1 Å². The number of rotatable bonds is 6. The maximum atomic E-state index is 13.0. The molecular formula is C19H22N3O3S2+. The van der Waals surface area contributed by atoms with E-state index in [1.165, 1.54) is 21.2 Å². The number of carbonyl (C=O) groups excluding carboxylic acids is 3. The lowest BCUT2D eigenvalue weighted by Crippen LogP contribution is -2.57. The molecule has 0 saturated heterocycles. The van der Waals surface area contributed by atoms with Gasteiger partial charge in [0.05, 0.1) is 0 Å². The lowest BCUT2D eigenvalue weighted by atomic mass is 10.1. The zero-order chi connectivity index (χ0) is 18.8. The lowest BCUT2D eigenvalue weighted by molar-refractivity contribution is -0.426. The first-order valence-corrected chi connectivity index (χ1v) is 11.1. The van der Waals surface area contributed by atoms with Crippen molar-refractivity contribution in [3.8, 4) is 0 Å². The minimum absolute atomic E-state index is 0.0329. The van der Waals surface area contributed by atoms with E-state index in [4.69, 9.17) is 0 Å². The Labute approximate surface area is 166 Å². The monoisotopic (exact) mass is 404 g/mol. The molecule has 0 aromatic carbocycles. The minimum atomic E-state index is -0.426. The van der Waals surface area contributed by atoms with Crippen molar-refractivity contribution in [3.05, 3.63) is 33.9 Å². The van der Waals surface area contributed by atoms with Crippen molar-refractivity contribution >= 4 is 46.7 Å². The first-order chi connectivity index (χ1) is 13.1. The van der Waals surface area contributed by atoms with Crippen molar-refractivity contribution in [1.29, 1.82) is 0 Å². The minimum Gasteiger partial charge on any atom is -0.350 e. The third kappa shape index (κ3) is 3.87. The van der Waals surface area contributed by atoms with Gasteiger partial charge in [-0.1, -0.05) is 18.9 Å². The predicted molar refractivity (Wildman–Crippen MR) is 106 cm³/mol. The Morgan fingerprint density at radius 1 is 1.30 bits per heavy atom. The number of thiophene rings is 1. The Morgan fingerprint density at radius 2 is 2.11 bits per heavy atom. The van der Waals surface area contributed by atoms with Crippen molar-refractivity contribution in [2.24, 2.45) is 0 Å². The molecule has 0 bridgehead atoms. The van der Waals surface area contributed by atoms with Gasteiger partial charge in [0.2, 0.25) is 0 Å². The van der Waals surface area contributed by atoms with E-state index in [-0.39, 0.29) is 24.4 Å². The highest BCUT2D eigenvalue weighted by molar-refractivity contribution is 8.04. The first kappa shape index (κ1) is 18.4. The van der Waals surface area contributed by atoms with Crippen molar-refractivity contribution in [2.45, 2.75) is 43.4 Å². The molecule has 0 spiro atoms. The second-order valence-electron chi connectivity index (χ2n) is 6.98. The Balaban J connectivity index is 1.49. The van der Waals surface area contributed by atoms with Crippen LogP contribution in [0.5, 0.6) is 0 Å². The zero-order valence-electron chi connectivity index (χ0n) is 14.9. The number of allylic oxidation sites excluding steroid dienone is 1. The second kappa shape index (κ2) is 7.98. The van der Waals surface area contributed by atoms with E-state index in [1.807, 2.05) is 22.9 Å². The van der Waals surface area contributed by atoms with Gasteiger partial charge in [-0.05, 0) is 35.8 Å². The van der Waals surface area contributed by atoms with E-state index in [1.54, 1.807) is 17.4 Å². The molecule has 6 nitrogen and oxygen atoms in total. The summed E-state index contributed by atoms with van der Waals surface area (Å²) in [6.45, 7) is 0.304. The van der Waals surface area contributed by atoms with Crippen LogP contribution in [0.4, 0.5) is 4.79 Å². The topological polar surface area (TPSA) is 69.5 Å². The van der Waals surface area contributed by atoms with Gasteiger partial charge in [-0.2, -0.15) is 14.3 Å². The third-order valence-electron chi connectivity index (χ3n) is 5.17. The molecule has 1 unspecified atom stereocenters. The highest BCUT2D eigenvalue weighted by atomic mass is 32.2. The largest absolute Gasteiger partial charge is 0.501 e. The van der Waals surface area contributed by atoms with Crippen LogP contribution in [0.15, 0.2) is 29.0 Å². The number of thioether (sulfide) groups is 1. The van der Waals surface area contributed by atoms with Crippen LogP contribution in [0, 0.1) is 0 Å². The van der Waals surface area contributed by atoms with Crippen LogP contribution in [0.25, 0.3) is 0 Å². The zero-order valence-corrected chi connectivity index (χ0v) is 16.6. The molecule has 0 radical (unpaired) electrons. The number of hydrogen-bond acceptors (Lipinski definition) is 5. The highest BCUT2D eigenvalue weighted by Gasteiger charge is 2.49. The SMILES string of the molecule is O=C(C[N+]1=C2C=CSC2C(=O)N(CCc2cccs2)C1=O)NC1CCCC1. The van der Waals surface area contributed by atoms with Gasteiger partial charge in [0.25, 0.3) is 5.91 Å². The fraction of sp³-hybridized carbons (Fsp3) is 0.474. The number of urea groups is 1. The molecule has 1 N–H and O–H groups in total. The third-order valence-corrected chi connectivity index (χ3v) is 7.11. The van der Waals surface area contributed by atoms with E-state index in [0.717, 1.165) is 30.6 Å². The molecule has 1 fully saturated rings. The molecule has 1 aromatic rings. The van der Waals surface area contributed by atoms with Crippen LogP contribution in [0.1, 0.15) is 30.6 Å². The van der Waals surface area contributed by atoms with E-state index >= 15 is 0 Å². The van der Waals surface area contributed by atoms with Gasteiger partial charge in [0.1, 0.15) is 12.3 Å². The molecule has 1 saturated carbocycles. The fourth-order valence-electron chi connectivity index (χ4n) is 3.78. The van der Waals surface area contributed by atoms with Crippen molar-refractivity contribution in [3.63, 3.8) is 0 Å². The Kier molecular flexibility index (Phi) is 5.45. The normalized spacial score (nSPS) is 22.7. The van der Waals surface area contributed by atoms with Crippen LogP contribution < -0.4 is 5.32 Å². The number of fused-ring (bicyclic) bond motifs is 1. The van der Waals surface area contributed by atoms with E-state index in [9.17, 15) is 14.4 Å². The second-order valence-corrected chi connectivity index (χ2v) is 9.03. The molecule has 8 heteroatoms. The van der Waals surface area contributed by atoms with Gasteiger partial charge in [-0.3, -0.25) is 4.79 Å². The number of carbonyl (C=O) groups is 3. The number of hydrogen-bond donors (Lipinski definition) is 1. The van der Waals surface area contributed by atoms with Crippen LogP contribution in [0.2, 0.25) is 0 Å². The fourth-order valence-corrected chi connectivity index (χ4v) is 5.44. The maximum absolute atomic E-state index is 13.0. The number of amides is 4. The van der Waals surface area contributed by atoms with Crippen molar-refractivity contribution < 1.29 is 19.0 Å². The summed E-state index contributed by atoms with van der Waals surface area (Å²) in [6.07, 6.45) is 6.69. The average molecular weight is 405 g/mol. The summed E-state index contributed by atoms with van der Waals surface area (Å²) in [5.41, 5.74) is 0.629. The Morgan fingerprint density at radius 3 is 2.85 bits per heavy atom. The summed E-state index contributed by atoms with van der Waals surface area (Å²) < 4.78 is 1.47. The van der Waals surface area contributed by atoms with Crippen molar-refractivity contribution in [1.82, 2.24) is 10.2 Å². The molecule has 3 aliphatic rings. The molecule has 4 amide bonds. The van der Waals surface area contributed by atoms with Gasteiger partial charge in [-0.15, -0.1) is 23.1 Å². The summed E-state index contributed by atoms with van der Waals surface area (Å²) in [4.78, 5) is 40.7. The highest BCUT2D eigenvalue weighted by Crippen LogP contribution is 2.28. The Bertz CT molecular complexity index is 810. The number of nitrogens with one attached hydrogen (secondary N) is 1.